The van der Waals surface area contributed by atoms with Crippen LogP contribution in [0.4, 0.5) is 18.9 Å². The summed E-state index contributed by atoms with van der Waals surface area (Å²) >= 11 is 0. The molecule has 94 valence electrons. The Labute approximate surface area is 97.8 Å². The van der Waals surface area contributed by atoms with E-state index in [0.717, 1.165) is 24.0 Å². The second-order valence-electron chi connectivity index (χ2n) is 4.43. The topological polar surface area (TPSA) is 21.3 Å². The highest BCUT2D eigenvalue weighted by Crippen LogP contribution is 2.37. The van der Waals surface area contributed by atoms with Crippen LogP contribution in [0.3, 0.4) is 0 Å². The average molecular weight is 245 g/mol. The molecule has 0 spiro atoms. The number of aryl methyl sites for hydroxylation is 2. The molecule has 1 aromatic rings. The van der Waals surface area contributed by atoms with E-state index in [0.29, 0.717) is 5.69 Å². The normalized spacial score (nSPS) is 19.5. The van der Waals surface area contributed by atoms with Crippen molar-refractivity contribution >= 4 is 5.69 Å². The number of ether oxygens (including phenoxy) is 1. The first kappa shape index (κ1) is 12.1. The minimum Gasteiger partial charge on any atom is -0.404 e. The highest BCUT2D eigenvalue weighted by molar-refractivity contribution is 5.65. The standard InChI is InChI=1S/C12H14F3NO/c1-7-5-9-4-3-8(2)16-11(9)10(6-7)17-12(13,14)15/h5-6,8,16H,3-4H2,1-2H3. The molecule has 2 rings (SSSR count). The summed E-state index contributed by atoms with van der Waals surface area (Å²) in [7, 11) is 0. The number of fused-ring (bicyclic) bond motifs is 1. The van der Waals surface area contributed by atoms with E-state index >= 15 is 0 Å². The summed E-state index contributed by atoms with van der Waals surface area (Å²) in [6.45, 7) is 3.71. The van der Waals surface area contributed by atoms with Gasteiger partial charge in [0.2, 0.25) is 0 Å². The van der Waals surface area contributed by atoms with Crippen LogP contribution in [0.15, 0.2) is 12.1 Å². The average Bonchev–Trinajstić information content (AvgIpc) is 2.16. The van der Waals surface area contributed by atoms with Gasteiger partial charge < -0.3 is 10.1 Å². The number of alkyl halides is 3. The number of halogens is 3. The van der Waals surface area contributed by atoms with Gasteiger partial charge in [0.15, 0.2) is 5.75 Å². The predicted molar refractivity (Wildman–Crippen MR) is 59.3 cm³/mol. The van der Waals surface area contributed by atoms with Gasteiger partial charge in [0.1, 0.15) is 0 Å². The van der Waals surface area contributed by atoms with Crippen molar-refractivity contribution in [1.82, 2.24) is 0 Å². The van der Waals surface area contributed by atoms with Crippen LogP contribution in [0.2, 0.25) is 0 Å². The van der Waals surface area contributed by atoms with Crippen LogP contribution in [-0.4, -0.2) is 12.4 Å². The van der Waals surface area contributed by atoms with Gasteiger partial charge in [-0.3, -0.25) is 0 Å². The lowest BCUT2D eigenvalue weighted by Gasteiger charge is -2.27. The van der Waals surface area contributed by atoms with Gasteiger partial charge in [-0.15, -0.1) is 13.2 Å². The molecule has 0 saturated carbocycles. The molecule has 0 radical (unpaired) electrons. The molecule has 1 heterocycles. The summed E-state index contributed by atoms with van der Waals surface area (Å²) in [6, 6.07) is 3.48. The first-order valence-electron chi connectivity index (χ1n) is 5.51. The van der Waals surface area contributed by atoms with Gasteiger partial charge in [-0.25, -0.2) is 0 Å². The van der Waals surface area contributed by atoms with Gasteiger partial charge in [0, 0.05) is 6.04 Å². The van der Waals surface area contributed by atoms with E-state index in [1.165, 1.54) is 6.07 Å². The summed E-state index contributed by atoms with van der Waals surface area (Å²) in [6.07, 6.45) is -2.95. The Morgan fingerprint density at radius 1 is 1.35 bits per heavy atom. The smallest absolute Gasteiger partial charge is 0.404 e. The predicted octanol–water partition coefficient (Wildman–Crippen LogP) is 3.64. The minimum absolute atomic E-state index is 0.126. The van der Waals surface area contributed by atoms with Crippen LogP contribution in [0.25, 0.3) is 0 Å². The zero-order valence-electron chi connectivity index (χ0n) is 9.69. The van der Waals surface area contributed by atoms with Crippen LogP contribution < -0.4 is 10.1 Å². The molecule has 2 nitrogen and oxygen atoms in total. The van der Waals surface area contributed by atoms with E-state index in [9.17, 15) is 13.2 Å². The van der Waals surface area contributed by atoms with Crippen LogP contribution in [0, 0.1) is 6.92 Å². The maximum absolute atomic E-state index is 12.3. The molecule has 0 amide bonds. The minimum atomic E-state index is -4.65. The molecule has 0 aliphatic carbocycles. The SMILES string of the molecule is Cc1cc2c(c(OC(F)(F)F)c1)NC(C)CC2. The van der Waals surface area contributed by atoms with Gasteiger partial charge in [0.05, 0.1) is 5.69 Å². The van der Waals surface area contributed by atoms with Gasteiger partial charge in [-0.1, -0.05) is 6.07 Å². The van der Waals surface area contributed by atoms with Crippen molar-refractivity contribution in [2.24, 2.45) is 0 Å². The number of nitrogens with one attached hydrogen (secondary N) is 1. The van der Waals surface area contributed by atoms with Crippen molar-refractivity contribution in [1.29, 1.82) is 0 Å². The number of hydrogen-bond donors (Lipinski definition) is 1. The third-order valence-corrected chi connectivity index (χ3v) is 2.79. The second kappa shape index (κ2) is 4.13. The lowest BCUT2D eigenvalue weighted by Crippen LogP contribution is -2.25. The molecule has 1 aliphatic rings. The molecule has 1 aliphatic heterocycles. The lowest BCUT2D eigenvalue weighted by atomic mass is 9.97. The van der Waals surface area contributed by atoms with Gasteiger partial charge in [-0.05, 0) is 43.9 Å². The van der Waals surface area contributed by atoms with Crippen LogP contribution >= 0.6 is 0 Å². The van der Waals surface area contributed by atoms with Crippen molar-refractivity contribution in [2.75, 3.05) is 5.32 Å². The summed E-state index contributed by atoms with van der Waals surface area (Å²) in [5.41, 5.74) is 2.15. The number of benzene rings is 1. The van der Waals surface area contributed by atoms with Crippen molar-refractivity contribution in [3.8, 4) is 5.75 Å². The highest BCUT2D eigenvalue weighted by atomic mass is 19.4. The fraction of sp³-hybridized carbons (Fsp3) is 0.500. The van der Waals surface area contributed by atoms with E-state index in [2.05, 4.69) is 10.1 Å². The monoisotopic (exact) mass is 245 g/mol. The molecule has 0 bridgehead atoms. The summed E-state index contributed by atoms with van der Waals surface area (Å²) in [5, 5.41) is 3.05. The van der Waals surface area contributed by atoms with Gasteiger partial charge >= 0.3 is 6.36 Å². The van der Waals surface area contributed by atoms with E-state index in [1.54, 1.807) is 6.92 Å². The first-order chi connectivity index (χ1) is 7.85. The molecule has 1 aromatic carbocycles. The molecule has 5 heteroatoms. The van der Waals surface area contributed by atoms with Gasteiger partial charge in [-0.2, -0.15) is 0 Å². The Morgan fingerprint density at radius 3 is 2.71 bits per heavy atom. The van der Waals surface area contributed by atoms with E-state index in [1.807, 2.05) is 13.0 Å². The zero-order valence-corrected chi connectivity index (χ0v) is 9.69. The molecule has 0 fully saturated rings. The Balaban J connectivity index is 2.40. The Morgan fingerprint density at radius 2 is 2.06 bits per heavy atom. The molecule has 0 saturated heterocycles. The number of hydrogen-bond acceptors (Lipinski definition) is 2. The van der Waals surface area contributed by atoms with Crippen molar-refractivity contribution in [3.63, 3.8) is 0 Å². The Bertz CT molecular complexity index is 428. The molecule has 1 unspecified atom stereocenters. The van der Waals surface area contributed by atoms with Gasteiger partial charge in [0.25, 0.3) is 0 Å². The van der Waals surface area contributed by atoms with Crippen molar-refractivity contribution in [2.45, 2.75) is 39.1 Å². The summed E-state index contributed by atoms with van der Waals surface area (Å²) in [4.78, 5) is 0. The third kappa shape index (κ3) is 2.84. The second-order valence-corrected chi connectivity index (χ2v) is 4.43. The zero-order chi connectivity index (χ0) is 12.6. The highest BCUT2D eigenvalue weighted by Gasteiger charge is 2.33. The van der Waals surface area contributed by atoms with E-state index in [4.69, 9.17) is 0 Å². The lowest BCUT2D eigenvalue weighted by molar-refractivity contribution is -0.274. The van der Waals surface area contributed by atoms with E-state index in [-0.39, 0.29) is 11.8 Å². The Kier molecular flexibility index (Phi) is 2.93. The maximum atomic E-state index is 12.3. The number of rotatable bonds is 1. The van der Waals surface area contributed by atoms with E-state index < -0.39 is 6.36 Å². The van der Waals surface area contributed by atoms with Crippen LogP contribution in [-0.2, 0) is 6.42 Å². The maximum Gasteiger partial charge on any atom is 0.573 e. The third-order valence-electron chi connectivity index (χ3n) is 2.79. The van der Waals surface area contributed by atoms with Crippen molar-refractivity contribution in [3.05, 3.63) is 23.3 Å². The Hall–Kier alpha value is -1.39. The largest absolute Gasteiger partial charge is 0.573 e. The molecular formula is C12H14F3NO. The summed E-state index contributed by atoms with van der Waals surface area (Å²) < 4.78 is 40.9. The fourth-order valence-corrected chi connectivity index (χ4v) is 2.08. The van der Waals surface area contributed by atoms with Crippen LogP contribution in [0.1, 0.15) is 24.5 Å². The molecular weight excluding hydrogens is 231 g/mol. The summed E-state index contributed by atoms with van der Waals surface area (Å²) in [5.74, 6) is -0.126. The molecule has 1 N–H and O–H groups in total. The quantitative estimate of drug-likeness (QED) is 0.815. The molecule has 1 atom stereocenters. The first-order valence-corrected chi connectivity index (χ1v) is 5.51. The molecule has 17 heavy (non-hydrogen) atoms. The van der Waals surface area contributed by atoms with Crippen LogP contribution in [0.5, 0.6) is 5.75 Å². The number of anilines is 1. The van der Waals surface area contributed by atoms with Crippen molar-refractivity contribution < 1.29 is 17.9 Å². The molecule has 0 aromatic heterocycles. The fourth-order valence-electron chi connectivity index (χ4n) is 2.08.